The fourth-order valence-electron chi connectivity index (χ4n) is 9.63. The molecule has 2 saturated heterocycles. The lowest BCUT2D eigenvalue weighted by Crippen LogP contribution is -2.46. The van der Waals surface area contributed by atoms with E-state index in [1.165, 1.54) is 73.0 Å². The molecule has 7 aromatic carbocycles. The van der Waals surface area contributed by atoms with E-state index in [1.54, 1.807) is 0 Å². The molecule has 0 aromatic heterocycles. The number of ether oxygens (including phenoxy) is 2. The number of aryl methyl sites for hydroxylation is 1. The van der Waals surface area contributed by atoms with Gasteiger partial charge in [-0.05, 0) is 127 Å². The predicted molar refractivity (Wildman–Crippen MR) is 290 cm³/mol. The number of amides is 1. The second-order valence-electron chi connectivity index (χ2n) is 19.3. The van der Waals surface area contributed by atoms with Crippen molar-refractivity contribution in [3.05, 3.63) is 239 Å². The second kappa shape index (κ2) is 27.8. The summed E-state index contributed by atoms with van der Waals surface area (Å²) in [6.07, 6.45) is 9.12. The van der Waals surface area contributed by atoms with E-state index >= 15 is 0 Å². The van der Waals surface area contributed by atoms with Crippen LogP contribution in [-0.2, 0) is 45.8 Å². The zero-order valence-corrected chi connectivity index (χ0v) is 41.9. The van der Waals surface area contributed by atoms with Crippen molar-refractivity contribution in [2.45, 2.75) is 110 Å². The van der Waals surface area contributed by atoms with Gasteiger partial charge < -0.3 is 19.7 Å². The normalized spacial score (nSPS) is 14.5. The molecule has 7 heteroatoms. The maximum atomic E-state index is 14.0. The summed E-state index contributed by atoms with van der Waals surface area (Å²) in [5, 5.41) is 3.73. The largest absolute Gasteiger partial charge is 0.489 e. The van der Waals surface area contributed by atoms with Crippen LogP contribution in [0.3, 0.4) is 0 Å². The Morgan fingerprint density at radius 3 is 1.41 bits per heavy atom. The maximum Gasteiger partial charge on any atom is 0.254 e. The molecule has 0 unspecified atom stereocenters. The molecule has 1 amide bonds. The number of carbonyl (C=O) groups excluding carboxylic acids is 1. The van der Waals surface area contributed by atoms with Crippen molar-refractivity contribution in [3.8, 4) is 11.5 Å². The summed E-state index contributed by atoms with van der Waals surface area (Å²) in [7, 11) is 0. The van der Waals surface area contributed by atoms with Gasteiger partial charge in [-0.1, -0.05) is 177 Å². The average molecular weight is 947 g/mol. The number of hydrogen-bond donors (Lipinski definition) is 1. The first-order valence-corrected chi connectivity index (χ1v) is 26.2. The molecule has 2 aliphatic rings. The molecule has 2 heterocycles. The lowest BCUT2D eigenvalue weighted by Gasteiger charge is -2.39. The zero-order chi connectivity index (χ0) is 48.7. The Kier molecular flexibility index (Phi) is 19.9. The smallest absolute Gasteiger partial charge is 0.254 e. The van der Waals surface area contributed by atoms with E-state index in [9.17, 15) is 4.79 Å². The first-order valence-electron chi connectivity index (χ1n) is 26.2. The van der Waals surface area contributed by atoms with Gasteiger partial charge in [0.15, 0.2) is 0 Å². The number of nitrogens with one attached hydrogen (secondary N) is 1. The van der Waals surface area contributed by atoms with E-state index in [0.29, 0.717) is 25.8 Å². The fourth-order valence-corrected chi connectivity index (χ4v) is 9.63. The molecule has 0 aliphatic carbocycles. The minimum Gasteiger partial charge on any atom is -0.489 e. The van der Waals surface area contributed by atoms with Gasteiger partial charge in [0, 0.05) is 56.9 Å². The van der Waals surface area contributed by atoms with E-state index < -0.39 is 0 Å². The van der Waals surface area contributed by atoms with Gasteiger partial charge in [0.05, 0.1) is 0 Å². The molecular weight excluding hydrogens is 873 g/mol. The number of hydrogen-bond acceptors (Lipinski definition) is 6. The van der Waals surface area contributed by atoms with Crippen LogP contribution in [0.5, 0.6) is 11.5 Å². The van der Waals surface area contributed by atoms with Crippen molar-refractivity contribution < 1.29 is 14.3 Å². The number of piperidine rings is 2. The lowest BCUT2D eigenvalue weighted by atomic mass is 9.99. The molecule has 2 fully saturated rings. The van der Waals surface area contributed by atoms with Crippen molar-refractivity contribution in [3.63, 3.8) is 0 Å². The van der Waals surface area contributed by atoms with Gasteiger partial charge in [0.2, 0.25) is 0 Å². The highest BCUT2D eigenvalue weighted by Crippen LogP contribution is 2.25. The SMILES string of the molecule is CCCCCc1ccc(C(=O)N(Cc2ccc(OCc3ccccc3)cc2)C2CCN(Cc3ccccc3)CC2)cc1.c1ccc(COc2ccc(CNC3CCN(Cc4ccccc4)CC3)cc2)cc1. The first-order chi connectivity index (χ1) is 35.0. The van der Waals surface area contributed by atoms with Crippen molar-refractivity contribution >= 4 is 5.91 Å². The van der Waals surface area contributed by atoms with Gasteiger partial charge in [-0.3, -0.25) is 14.6 Å². The summed E-state index contributed by atoms with van der Waals surface area (Å²) in [4.78, 5) is 21.2. The molecule has 2 aliphatic heterocycles. The van der Waals surface area contributed by atoms with Gasteiger partial charge in [0.1, 0.15) is 24.7 Å². The van der Waals surface area contributed by atoms with Crippen molar-refractivity contribution in [2.24, 2.45) is 0 Å². The summed E-state index contributed by atoms with van der Waals surface area (Å²) in [6.45, 7) is 11.2. The Balaban J connectivity index is 0.000000204. The van der Waals surface area contributed by atoms with Crippen molar-refractivity contribution in [2.75, 3.05) is 26.2 Å². The van der Waals surface area contributed by atoms with E-state index in [4.69, 9.17) is 9.47 Å². The molecule has 0 atom stereocenters. The maximum absolute atomic E-state index is 14.0. The van der Waals surface area contributed by atoms with Gasteiger partial charge in [-0.2, -0.15) is 0 Å². The summed E-state index contributed by atoms with van der Waals surface area (Å²) in [5.41, 5.74) is 9.62. The Bertz CT molecular complexity index is 2540. The molecule has 368 valence electrons. The van der Waals surface area contributed by atoms with Crippen LogP contribution in [0, 0.1) is 0 Å². The van der Waals surface area contributed by atoms with Crippen LogP contribution in [0.2, 0.25) is 0 Å². The second-order valence-corrected chi connectivity index (χ2v) is 19.3. The van der Waals surface area contributed by atoms with E-state index in [0.717, 1.165) is 80.2 Å². The minimum atomic E-state index is 0.126. The zero-order valence-electron chi connectivity index (χ0n) is 41.9. The van der Waals surface area contributed by atoms with E-state index in [-0.39, 0.29) is 11.9 Å². The van der Waals surface area contributed by atoms with Crippen molar-refractivity contribution in [1.29, 1.82) is 0 Å². The third-order valence-corrected chi connectivity index (χ3v) is 13.9. The Hall–Kier alpha value is -6.51. The van der Waals surface area contributed by atoms with Gasteiger partial charge in [0.25, 0.3) is 5.91 Å². The Morgan fingerprint density at radius 2 is 0.930 bits per heavy atom. The topological polar surface area (TPSA) is 57.3 Å². The van der Waals surface area contributed by atoms with Crippen LogP contribution in [0.4, 0.5) is 0 Å². The van der Waals surface area contributed by atoms with Crippen molar-refractivity contribution in [1.82, 2.24) is 20.0 Å². The van der Waals surface area contributed by atoms with Gasteiger partial charge >= 0.3 is 0 Å². The molecule has 0 saturated carbocycles. The molecule has 1 N–H and O–H groups in total. The number of likely N-dealkylation sites (tertiary alicyclic amines) is 2. The summed E-state index contributed by atoms with van der Waals surface area (Å²) < 4.78 is 11.9. The van der Waals surface area contributed by atoms with Gasteiger partial charge in [-0.25, -0.2) is 0 Å². The number of carbonyl (C=O) groups is 1. The molecule has 71 heavy (non-hydrogen) atoms. The molecule has 7 aromatic rings. The molecule has 9 rings (SSSR count). The third kappa shape index (κ3) is 16.8. The number of unbranched alkanes of at least 4 members (excludes halogenated alkanes) is 2. The molecule has 7 nitrogen and oxygen atoms in total. The van der Waals surface area contributed by atoms with Gasteiger partial charge in [-0.15, -0.1) is 0 Å². The molecular formula is C64H74N4O3. The van der Waals surface area contributed by atoms with Crippen LogP contribution in [0.25, 0.3) is 0 Å². The fraction of sp³-hybridized carbons (Fsp3) is 0.328. The monoisotopic (exact) mass is 947 g/mol. The summed E-state index contributed by atoms with van der Waals surface area (Å²) in [6, 6.07) is 67.8. The standard InChI is InChI=1S/C38H44N2O2.C26H30N2O/c1-2-3-6-11-31-16-20-35(21-17-31)38(41)40(36-24-26-39(27-25-36)28-32-12-7-4-8-13-32)29-33-18-22-37(23-19-33)42-30-34-14-9-5-10-15-34;1-3-7-23(8-4-1)20-28-17-15-25(16-18-28)27-19-22-11-13-26(14-12-22)29-21-24-9-5-2-6-10-24/h4-5,7-10,12-23,36H,2-3,6,11,24-30H2,1H3;1-14,25,27H,15-21H2. The van der Waals surface area contributed by atoms with Crippen LogP contribution < -0.4 is 14.8 Å². The van der Waals surface area contributed by atoms with Crippen LogP contribution in [0.15, 0.2) is 194 Å². The highest BCUT2D eigenvalue weighted by Gasteiger charge is 2.29. The summed E-state index contributed by atoms with van der Waals surface area (Å²) in [5.74, 6) is 1.89. The lowest BCUT2D eigenvalue weighted by molar-refractivity contribution is 0.0542. The number of benzene rings is 7. The van der Waals surface area contributed by atoms with E-state index in [1.807, 2.05) is 60.7 Å². The highest BCUT2D eigenvalue weighted by molar-refractivity contribution is 5.94. The average Bonchev–Trinajstić information content (AvgIpc) is 3.43. The summed E-state index contributed by atoms with van der Waals surface area (Å²) >= 11 is 0. The predicted octanol–water partition coefficient (Wildman–Crippen LogP) is 13.3. The van der Waals surface area contributed by atoms with Crippen LogP contribution in [0.1, 0.15) is 101 Å². The molecule has 0 bridgehead atoms. The number of nitrogens with zero attached hydrogens (tertiary/aromatic N) is 3. The Morgan fingerprint density at radius 1 is 0.493 bits per heavy atom. The Labute approximate surface area is 424 Å². The van der Waals surface area contributed by atoms with E-state index in [2.05, 4.69) is 160 Å². The quantitative estimate of drug-likeness (QED) is 0.0725. The highest BCUT2D eigenvalue weighted by atomic mass is 16.5. The molecule has 0 radical (unpaired) electrons. The third-order valence-electron chi connectivity index (χ3n) is 13.9. The first kappa shape index (κ1) is 50.9. The molecule has 0 spiro atoms. The van der Waals surface area contributed by atoms with Crippen LogP contribution in [-0.4, -0.2) is 58.9 Å². The minimum absolute atomic E-state index is 0.126. The number of rotatable bonds is 21. The van der Waals surface area contributed by atoms with Crippen LogP contribution >= 0.6 is 0 Å².